The number of amidine groups is 2. The molecule has 0 atom stereocenters. The minimum atomic E-state index is 0.207. The molecule has 5 nitrogen and oxygen atoms in total. The predicted molar refractivity (Wildman–Crippen MR) is 301 cm³/mol. The van der Waals surface area contributed by atoms with Gasteiger partial charge in [0.2, 0.25) is 0 Å². The Hall–Kier alpha value is -8.36. The molecular formula is C63H44N4OS2. The largest absolute Gasteiger partial charge is 0.456 e. The Bertz CT molecular complexity index is 4320. The zero-order chi connectivity index (χ0) is 46.9. The zero-order valence-electron chi connectivity index (χ0n) is 38.5. The molecule has 0 aliphatic heterocycles. The van der Waals surface area contributed by atoms with Crippen molar-refractivity contribution >= 4 is 135 Å². The lowest BCUT2D eigenvalue weighted by molar-refractivity contribution is 0.573. The number of para-hydroxylation sites is 2. The van der Waals surface area contributed by atoms with Crippen LogP contribution < -0.4 is 0 Å². The van der Waals surface area contributed by atoms with Gasteiger partial charge >= 0.3 is 0 Å². The van der Waals surface area contributed by atoms with Gasteiger partial charge in [0.15, 0.2) is 5.84 Å². The first-order chi connectivity index (χ1) is 34.5. The maximum Gasteiger partial charge on any atom is 0.154 e. The summed E-state index contributed by atoms with van der Waals surface area (Å²) in [5.74, 6) is 0.916. The number of thiophene rings is 2. The van der Waals surface area contributed by atoms with E-state index in [0.717, 1.165) is 87.5 Å². The highest BCUT2D eigenvalue weighted by Crippen LogP contribution is 2.45. The summed E-state index contributed by atoms with van der Waals surface area (Å²) in [6.45, 7) is 2.60. The van der Waals surface area contributed by atoms with Gasteiger partial charge in [0.05, 0.1) is 22.1 Å². The van der Waals surface area contributed by atoms with Gasteiger partial charge in [-0.3, -0.25) is 5.41 Å². The number of nitrogens with one attached hydrogen (secondary N) is 1. The number of aromatic nitrogens is 1. The van der Waals surface area contributed by atoms with Gasteiger partial charge < -0.3 is 13.9 Å². The van der Waals surface area contributed by atoms with Crippen molar-refractivity contribution in [1.82, 2.24) is 9.47 Å². The number of fused-ring (bicyclic) bond motifs is 13. The standard InChI is InChI=1S/C63H44N4OS2/c1-3-43(39-18-6-4-7-19-39)60(67-52-26-14-10-22-44(52)49-34-35-54-59(61(49)67)50-25-11-15-27-53(50)68-54)51(40-20-8-5-9-21-40)38-66(2)63(42-31-33-48-46-24-13-17-29-56(46)70-58(48)37-42)65-62(64)41-30-32-47-45-23-12-16-28-55(45)69-57(47)36-41/h3-37,64H,38H2,1-2H3/b43-3-,60-51-,64-62?,65-63?. The van der Waals surface area contributed by atoms with Crippen LogP contribution in [0.25, 0.3) is 101 Å². The third-order valence-corrected chi connectivity index (χ3v) is 16.0. The highest BCUT2D eigenvalue weighted by Gasteiger charge is 2.27. The molecule has 13 rings (SSSR count). The number of furan rings is 1. The summed E-state index contributed by atoms with van der Waals surface area (Å²) in [4.78, 5) is 7.63. The second-order valence-corrected chi connectivity index (χ2v) is 20.0. The molecular weight excluding hydrogens is 893 g/mol. The SMILES string of the molecule is C/C=C(\C(=C(/CN(C)C(=NC(=N)c1ccc2c(c1)sc1ccccc12)c1ccc2c(c1)sc1ccccc12)c1ccccc1)n1c2ccccc2c2ccc3oc4ccccc4c3c21)c1ccccc1. The van der Waals surface area contributed by atoms with Crippen LogP contribution in [0.15, 0.2) is 222 Å². The molecule has 7 heteroatoms. The first kappa shape index (κ1) is 41.8. The number of hydrogen-bond donors (Lipinski definition) is 1. The van der Waals surface area contributed by atoms with E-state index < -0.39 is 0 Å². The third kappa shape index (κ3) is 6.88. The molecule has 0 unspecified atom stereocenters. The molecule has 0 saturated carbocycles. The lowest BCUT2D eigenvalue weighted by atomic mass is 9.93. The van der Waals surface area contributed by atoms with Gasteiger partial charge in [-0.15, -0.1) is 22.7 Å². The summed E-state index contributed by atoms with van der Waals surface area (Å²) < 4.78 is 13.9. The first-order valence-electron chi connectivity index (χ1n) is 23.6. The molecule has 0 amide bonds. The molecule has 0 spiro atoms. The quantitative estimate of drug-likeness (QED) is 0.0937. The van der Waals surface area contributed by atoms with Crippen molar-refractivity contribution in [3.63, 3.8) is 0 Å². The minimum absolute atomic E-state index is 0.207. The number of aliphatic imine (C=N–C) groups is 1. The van der Waals surface area contributed by atoms with Crippen LogP contribution in [0.5, 0.6) is 0 Å². The summed E-state index contributed by atoms with van der Waals surface area (Å²) in [7, 11) is 2.13. The van der Waals surface area contributed by atoms with Crippen molar-refractivity contribution in [3.8, 4) is 0 Å². The number of nitrogens with zero attached hydrogens (tertiary/aromatic N) is 3. The van der Waals surface area contributed by atoms with Crippen molar-refractivity contribution in [2.24, 2.45) is 4.99 Å². The van der Waals surface area contributed by atoms with E-state index >= 15 is 0 Å². The van der Waals surface area contributed by atoms with Crippen LogP contribution in [-0.4, -0.2) is 34.7 Å². The topological polar surface area (TPSA) is 57.5 Å². The molecule has 1 N–H and O–H groups in total. The van der Waals surface area contributed by atoms with Crippen LogP contribution in [-0.2, 0) is 0 Å². The second kappa shape index (κ2) is 17.0. The summed E-state index contributed by atoms with van der Waals surface area (Å²) in [5.41, 5.74) is 11.0. The number of benzene rings is 9. The molecule has 13 aromatic rings. The van der Waals surface area contributed by atoms with Crippen molar-refractivity contribution in [2.45, 2.75) is 6.92 Å². The van der Waals surface area contributed by atoms with Gasteiger partial charge in [-0.2, -0.15) is 0 Å². The zero-order valence-corrected chi connectivity index (χ0v) is 40.1. The molecule has 0 radical (unpaired) electrons. The lowest BCUT2D eigenvalue weighted by Gasteiger charge is -2.28. The fourth-order valence-electron chi connectivity index (χ4n) is 10.5. The van der Waals surface area contributed by atoms with Crippen LogP contribution >= 0.6 is 22.7 Å². The Morgan fingerprint density at radius 1 is 0.529 bits per heavy atom. The Balaban J connectivity index is 1.08. The van der Waals surface area contributed by atoms with Gasteiger partial charge in [0.25, 0.3) is 0 Å². The monoisotopic (exact) mass is 936 g/mol. The molecule has 70 heavy (non-hydrogen) atoms. The van der Waals surface area contributed by atoms with Crippen molar-refractivity contribution in [1.29, 1.82) is 5.41 Å². The molecule has 4 heterocycles. The van der Waals surface area contributed by atoms with E-state index in [1.807, 2.05) is 12.1 Å². The van der Waals surface area contributed by atoms with Crippen molar-refractivity contribution in [3.05, 3.63) is 235 Å². The molecule has 0 saturated heterocycles. The Morgan fingerprint density at radius 2 is 1.07 bits per heavy atom. The second-order valence-electron chi connectivity index (χ2n) is 17.8. The van der Waals surface area contributed by atoms with Gasteiger partial charge in [-0.1, -0.05) is 164 Å². The van der Waals surface area contributed by atoms with Crippen LogP contribution in [0.4, 0.5) is 0 Å². The van der Waals surface area contributed by atoms with Crippen LogP contribution in [0.3, 0.4) is 0 Å². The fraction of sp³-hybridized carbons (Fsp3) is 0.0476. The average Bonchev–Trinajstić information content (AvgIpc) is 4.18. The van der Waals surface area contributed by atoms with Gasteiger partial charge in [-0.25, -0.2) is 4.99 Å². The van der Waals surface area contributed by atoms with E-state index in [1.54, 1.807) is 22.7 Å². The number of likely N-dealkylation sites (N-methyl/N-ethyl adjacent to an activating group) is 1. The number of hydrogen-bond acceptors (Lipinski definition) is 4. The molecule has 0 aliphatic carbocycles. The molecule has 334 valence electrons. The van der Waals surface area contributed by atoms with Gasteiger partial charge in [0.1, 0.15) is 17.0 Å². The maximum atomic E-state index is 9.79. The summed E-state index contributed by atoms with van der Waals surface area (Å²) in [6, 6.07) is 73.2. The van der Waals surface area contributed by atoms with E-state index in [0.29, 0.717) is 12.4 Å². The van der Waals surface area contributed by atoms with E-state index in [9.17, 15) is 5.41 Å². The number of rotatable bonds is 8. The molecule has 0 aliphatic rings. The average molecular weight is 937 g/mol. The lowest BCUT2D eigenvalue weighted by Crippen LogP contribution is -2.31. The maximum absolute atomic E-state index is 9.79. The van der Waals surface area contributed by atoms with E-state index in [1.165, 1.54) is 35.6 Å². The Labute approximate surface area is 412 Å². The highest BCUT2D eigenvalue weighted by molar-refractivity contribution is 7.26. The molecule has 0 bridgehead atoms. The third-order valence-electron chi connectivity index (χ3n) is 13.7. The predicted octanol–water partition coefficient (Wildman–Crippen LogP) is 17.3. The van der Waals surface area contributed by atoms with Crippen molar-refractivity contribution < 1.29 is 4.42 Å². The smallest absolute Gasteiger partial charge is 0.154 e. The summed E-state index contributed by atoms with van der Waals surface area (Å²) >= 11 is 3.55. The van der Waals surface area contributed by atoms with E-state index in [-0.39, 0.29) is 5.84 Å². The van der Waals surface area contributed by atoms with Crippen LogP contribution in [0.2, 0.25) is 0 Å². The summed E-state index contributed by atoms with van der Waals surface area (Å²) in [5, 5.41) is 19.1. The first-order valence-corrected chi connectivity index (χ1v) is 25.2. The van der Waals surface area contributed by atoms with E-state index in [4.69, 9.17) is 9.41 Å². The molecule has 0 fully saturated rings. The fourth-order valence-corrected chi connectivity index (χ4v) is 12.8. The van der Waals surface area contributed by atoms with Gasteiger partial charge in [0, 0.05) is 92.4 Å². The van der Waals surface area contributed by atoms with Gasteiger partial charge in [-0.05, 0) is 66.6 Å². The Morgan fingerprint density at radius 3 is 1.76 bits per heavy atom. The normalized spacial score (nSPS) is 12.9. The number of allylic oxidation sites excluding steroid dienone is 3. The molecule has 4 aromatic heterocycles. The van der Waals surface area contributed by atoms with Crippen LogP contribution in [0.1, 0.15) is 29.2 Å². The molecule has 9 aromatic carbocycles. The highest BCUT2D eigenvalue weighted by atomic mass is 32.1. The van der Waals surface area contributed by atoms with Crippen LogP contribution in [0, 0.1) is 5.41 Å². The minimum Gasteiger partial charge on any atom is -0.456 e. The Kier molecular flexibility index (Phi) is 10.2. The van der Waals surface area contributed by atoms with Crippen molar-refractivity contribution in [2.75, 3.05) is 13.6 Å². The van der Waals surface area contributed by atoms with E-state index in [2.05, 4.69) is 224 Å². The summed E-state index contributed by atoms with van der Waals surface area (Å²) in [6.07, 6.45) is 2.26.